The fourth-order valence-electron chi connectivity index (χ4n) is 2.86. The molecule has 1 atom stereocenters. The molecule has 1 rings (SSSR count). The van der Waals surface area contributed by atoms with Gasteiger partial charge in [-0.3, -0.25) is 9.69 Å². The number of esters is 1. The number of likely N-dealkylation sites (tertiary alicyclic amines) is 1. The van der Waals surface area contributed by atoms with Crippen molar-refractivity contribution in [3.63, 3.8) is 0 Å². The Morgan fingerprint density at radius 1 is 1.28 bits per heavy atom. The average Bonchev–Trinajstić information content (AvgIpc) is 2.36. The van der Waals surface area contributed by atoms with E-state index < -0.39 is 0 Å². The van der Waals surface area contributed by atoms with Gasteiger partial charge in [0.1, 0.15) is 6.04 Å². The summed E-state index contributed by atoms with van der Waals surface area (Å²) in [7, 11) is 0. The topological polar surface area (TPSA) is 29.5 Å². The summed E-state index contributed by atoms with van der Waals surface area (Å²) < 4.78 is 5.20. The zero-order valence-corrected chi connectivity index (χ0v) is 12.4. The number of piperidine rings is 1. The second-order valence-electron chi connectivity index (χ2n) is 5.67. The van der Waals surface area contributed by atoms with E-state index in [0.29, 0.717) is 6.61 Å². The molecule has 18 heavy (non-hydrogen) atoms. The zero-order chi connectivity index (χ0) is 13.5. The smallest absolute Gasteiger partial charge is 0.323 e. The molecule has 0 saturated carbocycles. The number of hydrogen-bond acceptors (Lipinski definition) is 3. The maximum Gasteiger partial charge on any atom is 0.323 e. The Morgan fingerprint density at radius 2 is 1.89 bits per heavy atom. The van der Waals surface area contributed by atoms with Crippen molar-refractivity contribution >= 4 is 5.97 Å². The molecule has 1 heterocycles. The molecule has 0 aromatic carbocycles. The van der Waals surface area contributed by atoms with Crippen molar-refractivity contribution < 1.29 is 9.53 Å². The van der Waals surface area contributed by atoms with Crippen molar-refractivity contribution in [2.24, 2.45) is 11.8 Å². The predicted molar refractivity (Wildman–Crippen MR) is 74.5 cm³/mol. The molecule has 0 spiro atoms. The van der Waals surface area contributed by atoms with Gasteiger partial charge < -0.3 is 4.74 Å². The SMILES string of the molecule is CCCC(C(=O)OCC)N1CCC(C(C)C)CC1. The molecule has 0 radical (unpaired) electrons. The highest BCUT2D eigenvalue weighted by Gasteiger charge is 2.30. The van der Waals surface area contributed by atoms with Gasteiger partial charge in [-0.1, -0.05) is 27.2 Å². The molecule has 0 bridgehead atoms. The highest BCUT2D eigenvalue weighted by Crippen LogP contribution is 2.26. The van der Waals surface area contributed by atoms with Crippen LogP contribution in [0.4, 0.5) is 0 Å². The standard InChI is InChI=1S/C15H29NO2/c1-5-7-14(15(17)18-6-2)16-10-8-13(9-11-16)12(3)4/h12-14H,5-11H2,1-4H3. The highest BCUT2D eigenvalue weighted by atomic mass is 16.5. The number of carbonyl (C=O) groups excluding carboxylic acids is 1. The second-order valence-corrected chi connectivity index (χ2v) is 5.67. The molecule has 3 heteroatoms. The van der Waals surface area contributed by atoms with Gasteiger partial charge in [-0.2, -0.15) is 0 Å². The maximum absolute atomic E-state index is 12.0. The van der Waals surface area contributed by atoms with Crippen molar-refractivity contribution in [2.45, 2.75) is 59.4 Å². The van der Waals surface area contributed by atoms with Crippen LogP contribution >= 0.6 is 0 Å². The van der Waals surface area contributed by atoms with Crippen LogP contribution in [0.5, 0.6) is 0 Å². The quantitative estimate of drug-likeness (QED) is 0.683. The van der Waals surface area contributed by atoms with Crippen LogP contribution in [0.15, 0.2) is 0 Å². The zero-order valence-electron chi connectivity index (χ0n) is 12.4. The molecule has 0 N–H and O–H groups in total. The van der Waals surface area contributed by atoms with E-state index in [0.717, 1.165) is 37.8 Å². The minimum atomic E-state index is -0.0256. The third-order valence-corrected chi connectivity index (χ3v) is 4.08. The Labute approximate surface area is 112 Å². The fourth-order valence-corrected chi connectivity index (χ4v) is 2.86. The Bertz CT molecular complexity index is 245. The van der Waals surface area contributed by atoms with Crippen molar-refractivity contribution in [2.75, 3.05) is 19.7 Å². The Morgan fingerprint density at radius 3 is 2.33 bits per heavy atom. The van der Waals surface area contributed by atoms with Gasteiger partial charge in [-0.05, 0) is 51.1 Å². The summed E-state index contributed by atoms with van der Waals surface area (Å²) in [5.74, 6) is 1.56. The van der Waals surface area contributed by atoms with Gasteiger partial charge in [-0.25, -0.2) is 0 Å². The molecule has 1 aliphatic rings. The van der Waals surface area contributed by atoms with Gasteiger partial charge >= 0.3 is 5.97 Å². The van der Waals surface area contributed by atoms with Crippen LogP contribution in [-0.4, -0.2) is 36.6 Å². The normalized spacial score (nSPS) is 20.1. The van der Waals surface area contributed by atoms with Gasteiger partial charge in [0.2, 0.25) is 0 Å². The summed E-state index contributed by atoms with van der Waals surface area (Å²) in [5, 5.41) is 0. The predicted octanol–water partition coefficient (Wildman–Crippen LogP) is 3.09. The molecule has 0 aromatic heterocycles. The van der Waals surface area contributed by atoms with Gasteiger partial charge in [0.15, 0.2) is 0 Å². The van der Waals surface area contributed by atoms with E-state index in [1.807, 2.05) is 6.92 Å². The molecule has 106 valence electrons. The summed E-state index contributed by atoms with van der Waals surface area (Å²) in [6.45, 7) is 11.2. The van der Waals surface area contributed by atoms with Crippen LogP contribution in [0.3, 0.4) is 0 Å². The van der Waals surface area contributed by atoms with Crippen LogP contribution in [0.25, 0.3) is 0 Å². The number of hydrogen-bond donors (Lipinski definition) is 0. The first-order valence-corrected chi connectivity index (χ1v) is 7.50. The summed E-state index contributed by atoms with van der Waals surface area (Å²) in [4.78, 5) is 14.3. The molecule has 1 fully saturated rings. The lowest BCUT2D eigenvalue weighted by molar-refractivity contribution is -0.150. The van der Waals surface area contributed by atoms with E-state index in [9.17, 15) is 4.79 Å². The first kappa shape index (κ1) is 15.5. The maximum atomic E-state index is 12.0. The molecule has 0 aromatic rings. The van der Waals surface area contributed by atoms with Crippen LogP contribution in [-0.2, 0) is 9.53 Å². The Balaban J connectivity index is 2.52. The molecule has 1 unspecified atom stereocenters. The van der Waals surface area contributed by atoms with E-state index in [4.69, 9.17) is 4.74 Å². The number of rotatable bonds is 6. The summed E-state index contributed by atoms with van der Waals surface area (Å²) in [6, 6.07) is -0.0111. The van der Waals surface area contributed by atoms with Crippen LogP contribution in [0.1, 0.15) is 53.4 Å². The van der Waals surface area contributed by atoms with Crippen molar-refractivity contribution in [1.82, 2.24) is 4.90 Å². The second kappa shape index (κ2) is 7.78. The molecule has 3 nitrogen and oxygen atoms in total. The van der Waals surface area contributed by atoms with E-state index >= 15 is 0 Å². The molecule has 1 saturated heterocycles. The van der Waals surface area contributed by atoms with Crippen molar-refractivity contribution in [1.29, 1.82) is 0 Å². The fraction of sp³-hybridized carbons (Fsp3) is 0.933. The molecule has 0 aliphatic carbocycles. The minimum absolute atomic E-state index is 0.0111. The van der Waals surface area contributed by atoms with Crippen LogP contribution in [0, 0.1) is 11.8 Å². The highest BCUT2D eigenvalue weighted by molar-refractivity contribution is 5.75. The number of nitrogens with zero attached hydrogens (tertiary/aromatic N) is 1. The third kappa shape index (κ3) is 4.27. The van der Waals surface area contributed by atoms with Crippen LogP contribution in [0.2, 0.25) is 0 Å². The Hall–Kier alpha value is -0.570. The van der Waals surface area contributed by atoms with Gasteiger partial charge in [-0.15, -0.1) is 0 Å². The van der Waals surface area contributed by atoms with E-state index in [1.54, 1.807) is 0 Å². The summed E-state index contributed by atoms with van der Waals surface area (Å²) >= 11 is 0. The lowest BCUT2D eigenvalue weighted by atomic mass is 9.86. The van der Waals surface area contributed by atoms with E-state index in [2.05, 4.69) is 25.7 Å². The van der Waals surface area contributed by atoms with E-state index in [1.165, 1.54) is 12.8 Å². The van der Waals surface area contributed by atoms with Crippen LogP contribution < -0.4 is 0 Å². The van der Waals surface area contributed by atoms with Crippen molar-refractivity contribution in [3.05, 3.63) is 0 Å². The van der Waals surface area contributed by atoms with Gasteiger partial charge in [0, 0.05) is 0 Å². The van der Waals surface area contributed by atoms with E-state index in [-0.39, 0.29) is 12.0 Å². The van der Waals surface area contributed by atoms with Gasteiger partial charge in [0.05, 0.1) is 6.61 Å². The summed E-state index contributed by atoms with van der Waals surface area (Å²) in [5.41, 5.74) is 0. The summed E-state index contributed by atoms with van der Waals surface area (Å²) in [6.07, 6.45) is 4.40. The average molecular weight is 255 g/mol. The van der Waals surface area contributed by atoms with Gasteiger partial charge in [0.25, 0.3) is 0 Å². The first-order chi connectivity index (χ1) is 8.60. The Kier molecular flexibility index (Phi) is 6.69. The third-order valence-electron chi connectivity index (χ3n) is 4.08. The van der Waals surface area contributed by atoms with Crippen molar-refractivity contribution in [3.8, 4) is 0 Å². The molecule has 0 amide bonds. The minimum Gasteiger partial charge on any atom is -0.465 e. The number of carbonyl (C=O) groups is 1. The lowest BCUT2D eigenvalue weighted by Crippen LogP contribution is -2.46. The largest absolute Gasteiger partial charge is 0.465 e. The molecular formula is C15H29NO2. The lowest BCUT2D eigenvalue weighted by Gasteiger charge is -2.37. The monoisotopic (exact) mass is 255 g/mol. The molecular weight excluding hydrogens is 226 g/mol. The molecule has 1 aliphatic heterocycles. The first-order valence-electron chi connectivity index (χ1n) is 7.50. The number of ether oxygens (including phenoxy) is 1.